The molecule has 0 bridgehead atoms. The Kier molecular flexibility index (Phi) is 4.70. The molecule has 4 rings (SSSR count). The van der Waals surface area contributed by atoms with E-state index in [9.17, 15) is 9.90 Å². The molecular formula is C21H33NO3. The summed E-state index contributed by atoms with van der Waals surface area (Å²) < 4.78 is 5.78. The number of rotatable bonds is 2. The third-order valence-electron chi connectivity index (χ3n) is 7.72. The zero-order chi connectivity index (χ0) is 17.6. The minimum atomic E-state index is -0.476. The molecule has 0 aromatic rings. The number of nitrogens with zero attached hydrogens (tertiary/aromatic N) is 1. The Labute approximate surface area is 151 Å². The van der Waals surface area contributed by atoms with Gasteiger partial charge in [0, 0.05) is 24.3 Å². The first-order valence-corrected chi connectivity index (χ1v) is 10.3. The van der Waals surface area contributed by atoms with Gasteiger partial charge < -0.3 is 14.7 Å². The molecule has 3 fully saturated rings. The van der Waals surface area contributed by atoms with Gasteiger partial charge in [-0.1, -0.05) is 38.3 Å². The number of allylic oxidation sites excluding steroid dienone is 1. The number of carbonyl (C=O) groups is 1. The van der Waals surface area contributed by atoms with Crippen molar-refractivity contribution in [2.45, 2.75) is 71.0 Å². The van der Waals surface area contributed by atoms with E-state index in [0.29, 0.717) is 5.92 Å². The van der Waals surface area contributed by atoms with Gasteiger partial charge in [0.1, 0.15) is 6.10 Å². The first-order valence-electron chi connectivity index (χ1n) is 10.3. The summed E-state index contributed by atoms with van der Waals surface area (Å²) in [5.74, 6) is 0.177. The number of likely N-dealkylation sites (tertiary alicyclic amines) is 1. The highest BCUT2D eigenvalue weighted by atomic mass is 16.6. The third-order valence-corrected chi connectivity index (χ3v) is 7.72. The Hall–Kier alpha value is -0.870. The Balaban J connectivity index is 1.57. The number of aliphatic hydroxyl groups excluding tert-OH is 1. The molecule has 0 radical (unpaired) electrons. The van der Waals surface area contributed by atoms with E-state index in [2.05, 4.69) is 24.8 Å². The maximum Gasteiger partial charge on any atom is 0.311 e. The van der Waals surface area contributed by atoms with Crippen LogP contribution in [0.5, 0.6) is 0 Å². The van der Waals surface area contributed by atoms with Gasteiger partial charge in [-0.2, -0.15) is 0 Å². The van der Waals surface area contributed by atoms with E-state index >= 15 is 0 Å². The van der Waals surface area contributed by atoms with Crippen molar-refractivity contribution in [2.75, 3.05) is 19.6 Å². The Morgan fingerprint density at radius 1 is 1.28 bits per heavy atom. The number of hydrogen-bond donors (Lipinski definition) is 1. The lowest BCUT2D eigenvalue weighted by Crippen LogP contribution is -2.54. The third kappa shape index (κ3) is 2.86. The van der Waals surface area contributed by atoms with Gasteiger partial charge in [0.15, 0.2) is 0 Å². The molecule has 0 aromatic heterocycles. The lowest BCUT2D eigenvalue weighted by atomic mass is 9.55. The van der Waals surface area contributed by atoms with E-state index in [1.807, 2.05) is 0 Å². The fourth-order valence-corrected chi connectivity index (χ4v) is 5.87. The molecule has 0 spiro atoms. The normalized spacial score (nSPS) is 45.2. The highest BCUT2D eigenvalue weighted by Crippen LogP contribution is 2.56. The molecule has 2 aliphatic heterocycles. The van der Waals surface area contributed by atoms with Crippen LogP contribution in [0.4, 0.5) is 0 Å². The van der Waals surface area contributed by atoms with Crippen LogP contribution in [-0.4, -0.2) is 47.8 Å². The molecule has 2 aliphatic carbocycles. The predicted molar refractivity (Wildman–Crippen MR) is 97.0 cm³/mol. The predicted octanol–water partition coefficient (Wildman–Crippen LogP) is 3.15. The smallest absolute Gasteiger partial charge is 0.311 e. The van der Waals surface area contributed by atoms with E-state index in [0.717, 1.165) is 38.9 Å². The lowest BCUT2D eigenvalue weighted by Gasteiger charge is -2.52. The van der Waals surface area contributed by atoms with Crippen LogP contribution in [0.15, 0.2) is 11.6 Å². The summed E-state index contributed by atoms with van der Waals surface area (Å²) in [6, 6.07) is 0. The van der Waals surface area contributed by atoms with Gasteiger partial charge in [-0.3, -0.25) is 4.79 Å². The van der Waals surface area contributed by atoms with Crippen molar-refractivity contribution in [3.63, 3.8) is 0 Å². The van der Waals surface area contributed by atoms with E-state index in [4.69, 9.17) is 4.74 Å². The second-order valence-corrected chi connectivity index (χ2v) is 9.01. The molecule has 2 heterocycles. The van der Waals surface area contributed by atoms with Gasteiger partial charge in [-0.25, -0.2) is 0 Å². The molecule has 0 amide bonds. The molecule has 140 valence electrons. The number of ether oxygens (including phenoxy) is 1. The average molecular weight is 347 g/mol. The van der Waals surface area contributed by atoms with Crippen LogP contribution in [0, 0.1) is 23.2 Å². The van der Waals surface area contributed by atoms with E-state index in [-0.39, 0.29) is 29.3 Å². The van der Waals surface area contributed by atoms with Gasteiger partial charge in [0.2, 0.25) is 0 Å². The van der Waals surface area contributed by atoms with Crippen molar-refractivity contribution in [1.29, 1.82) is 0 Å². The SMILES string of the molecule is C[C@@H]1CCC=C2C[C@H]3OC(=O)[C@@H](CN4CCCCCC4)[C@H]3[C@@H](O)[C@@]21C. The lowest BCUT2D eigenvalue weighted by molar-refractivity contribution is -0.145. The van der Waals surface area contributed by atoms with Crippen LogP contribution in [-0.2, 0) is 9.53 Å². The number of hydrogen-bond acceptors (Lipinski definition) is 4. The van der Waals surface area contributed by atoms with Crippen LogP contribution < -0.4 is 0 Å². The molecule has 2 saturated heterocycles. The van der Waals surface area contributed by atoms with Crippen molar-refractivity contribution in [3.8, 4) is 0 Å². The summed E-state index contributed by atoms with van der Waals surface area (Å²) in [7, 11) is 0. The van der Waals surface area contributed by atoms with Crippen molar-refractivity contribution in [2.24, 2.45) is 23.2 Å². The minimum absolute atomic E-state index is 0.0431. The van der Waals surface area contributed by atoms with Gasteiger partial charge in [-0.15, -0.1) is 0 Å². The first kappa shape index (κ1) is 17.5. The summed E-state index contributed by atoms with van der Waals surface area (Å²) in [5, 5.41) is 11.4. The second-order valence-electron chi connectivity index (χ2n) is 9.01. The molecule has 1 N–H and O–H groups in total. The highest BCUT2D eigenvalue weighted by Gasteiger charge is 2.59. The number of fused-ring (bicyclic) bond motifs is 2. The monoisotopic (exact) mass is 347 g/mol. The fourth-order valence-electron chi connectivity index (χ4n) is 5.87. The maximum absolute atomic E-state index is 12.7. The van der Waals surface area contributed by atoms with E-state index in [1.165, 1.54) is 31.3 Å². The van der Waals surface area contributed by atoms with Crippen molar-refractivity contribution < 1.29 is 14.6 Å². The molecule has 6 atom stereocenters. The van der Waals surface area contributed by atoms with Crippen LogP contribution in [0.2, 0.25) is 0 Å². The zero-order valence-electron chi connectivity index (χ0n) is 15.7. The van der Waals surface area contributed by atoms with Gasteiger partial charge in [0.05, 0.1) is 12.0 Å². The Morgan fingerprint density at radius 2 is 2.00 bits per heavy atom. The minimum Gasteiger partial charge on any atom is -0.461 e. The number of aliphatic hydroxyl groups is 1. The van der Waals surface area contributed by atoms with E-state index in [1.54, 1.807) is 0 Å². The van der Waals surface area contributed by atoms with Crippen molar-refractivity contribution >= 4 is 5.97 Å². The van der Waals surface area contributed by atoms with Crippen LogP contribution in [0.3, 0.4) is 0 Å². The first-order chi connectivity index (χ1) is 12.0. The molecule has 25 heavy (non-hydrogen) atoms. The molecule has 1 saturated carbocycles. The van der Waals surface area contributed by atoms with Crippen LogP contribution >= 0.6 is 0 Å². The summed E-state index contributed by atoms with van der Waals surface area (Å²) in [6.45, 7) is 7.40. The van der Waals surface area contributed by atoms with Crippen molar-refractivity contribution in [3.05, 3.63) is 11.6 Å². The second kappa shape index (κ2) is 6.70. The molecular weight excluding hydrogens is 314 g/mol. The van der Waals surface area contributed by atoms with Crippen LogP contribution in [0.1, 0.15) is 58.8 Å². The molecule has 4 aliphatic rings. The maximum atomic E-state index is 12.7. The fraction of sp³-hybridized carbons (Fsp3) is 0.857. The molecule has 0 aromatic carbocycles. The van der Waals surface area contributed by atoms with Gasteiger partial charge in [0.25, 0.3) is 0 Å². The molecule has 4 nitrogen and oxygen atoms in total. The quantitative estimate of drug-likeness (QED) is 0.616. The van der Waals surface area contributed by atoms with Crippen LogP contribution in [0.25, 0.3) is 0 Å². The zero-order valence-corrected chi connectivity index (χ0v) is 15.7. The van der Waals surface area contributed by atoms with Gasteiger partial charge >= 0.3 is 5.97 Å². The van der Waals surface area contributed by atoms with Gasteiger partial charge in [-0.05, 0) is 44.7 Å². The van der Waals surface area contributed by atoms with E-state index < -0.39 is 6.10 Å². The summed E-state index contributed by atoms with van der Waals surface area (Å²) >= 11 is 0. The molecule has 4 heteroatoms. The summed E-state index contributed by atoms with van der Waals surface area (Å²) in [6.07, 6.45) is 9.77. The number of carbonyl (C=O) groups excluding carboxylic acids is 1. The topological polar surface area (TPSA) is 49.8 Å². The largest absolute Gasteiger partial charge is 0.461 e. The average Bonchev–Trinajstić information content (AvgIpc) is 2.76. The summed E-state index contributed by atoms with van der Waals surface area (Å²) in [5.41, 5.74) is 1.13. The molecule has 0 unspecified atom stereocenters. The summed E-state index contributed by atoms with van der Waals surface area (Å²) in [4.78, 5) is 15.1. The Bertz CT molecular complexity index is 551. The number of esters is 1. The Morgan fingerprint density at radius 3 is 2.72 bits per heavy atom. The standard InChI is InChI=1S/C21H33NO3/c1-14-8-7-9-15-12-17-18(19(23)21(14,15)2)16(20(24)25-17)13-22-10-5-3-4-6-11-22/h9,14,16-19,23H,3-8,10-13H2,1-2H3/t14-,16+,17-,18-,19-,21-/m1/s1. The highest BCUT2D eigenvalue weighted by molar-refractivity contribution is 5.76. The van der Waals surface area contributed by atoms with Crippen molar-refractivity contribution in [1.82, 2.24) is 4.90 Å².